The molecule has 1 aromatic heterocycles. The van der Waals surface area contributed by atoms with Crippen LogP contribution in [0.1, 0.15) is 41.4 Å². The first-order chi connectivity index (χ1) is 11.2. The summed E-state index contributed by atoms with van der Waals surface area (Å²) in [7, 11) is 0. The Hall–Kier alpha value is -2.02. The van der Waals surface area contributed by atoms with Crippen molar-refractivity contribution in [2.75, 3.05) is 5.88 Å². The lowest BCUT2D eigenvalue weighted by molar-refractivity contribution is -0.137. The summed E-state index contributed by atoms with van der Waals surface area (Å²) < 4.78 is 43.1. The van der Waals surface area contributed by atoms with Gasteiger partial charge in [0.15, 0.2) is 0 Å². The van der Waals surface area contributed by atoms with Crippen molar-refractivity contribution >= 4 is 17.5 Å². The molecule has 1 aromatic carbocycles. The summed E-state index contributed by atoms with van der Waals surface area (Å²) in [6.45, 7) is 3.71. The van der Waals surface area contributed by atoms with Gasteiger partial charge in [0.1, 0.15) is 5.69 Å². The minimum absolute atomic E-state index is 0.0163. The monoisotopic (exact) mass is 360 g/mol. The van der Waals surface area contributed by atoms with Crippen LogP contribution in [-0.2, 0) is 6.18 Å². The minimum atomic E-state index is -4.43. The molecule has 0 radical (unpaired) electrons. The number of hydrogen-bond acceptors (Lipinski definition) is 3. The highest BCUT2D eigenvalue weighted by atomic mass is 35.5. The zero-order valence-corrected chi connectivity index (χ0v) is 13.8. The average molecular weight is 361 g/mol. The van der Waals surface area contributed by atoms with Crippen LogP contribution in [0.15, 0.2) is 28.8 Å². The van der Waals surface area contributed by atoms with Gasteiger partial charge in [-0.25, -0.2) is 0 Å². The fourth-order valence-corrected chi connectivity index (χ4v) is 2.61. The van der Waals surface area contributed by atoms with E-state index in [0.717, 1.165) is 12.1 Å². The van der Waals surface area contributed by atoms with Crippen molar-refractivity contribution in [1.82, 2.24) is 5.16 Å². The molecule has 0 aliphatic carbocycles. The van der Waals surface area contributed by atoms with Crippen LogP contribution in [-0.4, -0.2) is 16.9 Å². The molecule has 4 nitrogen and oxygen atoms in total. The maximum Gasteiger partial charge on any atom is 0.416 e. The predicted molar refractivity (Wildman–Crippen MR) is 83.8 cm³/mol. The number of carbonyl (C=O) groups excluding carboxylic acids is 1. The standard InChI is InChI=1S/C16H16ClF3N2O2/c1-8(7-17)9(2)12-13(22-24-14(12)15(21)23)10-3-5-11(6-4-10)16(18,19)20/h3-6,8-9H,7H2,1-2H3,(H2,21,23). The van der Waals surface area contributed by atoms with Crippen molar-refractivity contribution < 1.29 is 22.5 Å². The van der Waals surface area contributed by atoms with Gasteiger partial charge in [0, 0.05) is 17.0 Å². The number of rotatable bonds is 5. The van der Waals surface area contributed by atoms with Crippen LogP contribution in [0.3, 0.4) is 0 Å². The lowest BCUT2D eigenvalue weighted by Crippen LogP contribution is -2.16. The summed E-state index contributed by atoms with van der Waals surface area (Å²) in [6.07, 6.45) is -4.43. The van der Waals surface area contributed by atoms with E-state index in [1.165, 1.54) is 12.1 Å². The summed E-state index contributed by atoms with van der Waals surface area (Å²) in [4.78, 5) is 11.6. The van der Waals surface area contributed by atoms with Crippen LogP contribution in [0.2, 0.25) is 0 Å². The van der Waals surface area contributed by atoms with E-state index in [-0.39, 0.29) is 17.6 Å². The van der Waals surface area contributed by atoms with Gasteiger partial charge in [0.25, 0.3) is 5.91 Å². The van der Waals surface area contributed by atoms with Gasteiger partial charge in [-0.15, -0.1) is 11.6 Å². The Morgan fingerprint density at radius 2 is 1.88 bits per heavy atom. The normalized spacial score (nSPS) is 14.4. The number of nitrogens with zero attached hydrogens (tertiary/aromatic N) is 1. The van der Waals surface area contributed by atoms with Gasteiger partial charge in [-0.3, -0.25) is 4.79 Å². The second kappa shape index (κ2) is 6.84. The number of benzene rings is 1. The van der Waals surface area contributed by atoms with Crippen LogP contribution in [0, 0.1) is 5.92 Å². The summed E-state index contributed by atoms with van der Waals surface area (Å²) >= 11 is 5.87. The van der Waals surface area contributed by atoms with Crippen LogP contribution in [0.5, 0.6) is 0 Å². The number of aromatic nitrogens is 1. The Morgan fingerprint density at radius 1 is 1.29 bits per heavy atom. The van der Waals surface area contributed by atoms with Gasteiger partial charge >= 0.3 is 6.18 Å². The third-order valence-corrected chi connectivity index (χ3v) is 4.48. The smallest absolute Gasteiger partial charge is 0.363 e. The van der Waals surface area contributed by atoms with E-state index in [0.29, 0.717) is 22.7 Å². The number of amides is 1. The Morgan fingerprint density at radius 3 is 2.33 bits per heavy atom. The third-order valence-electron chi connectivity index (χ3n) is 3.99. The number of carbonyl (C=O) groups is 1. The lowest BCUT2D eigenvalue weighted by Gasteiger charge is -2.18. The molecule has 2 N–H and O–H groups in total. The zero-order valence-electron chi connectivity index (χ0n) is 13.0. The molecule has 2 rings (SSSR count). The van der Waals surface area contributed by atoms with Crippen molar-refractivity contribution in [2.24, 2.45) is 11.7 Å². The Labute approximate surface area is 141 Å². The van der Waals surface area contributed by atoms with Gasteiger partial charge in [-0.05, 0) is 24.0 Å². The first kappa shape index (κ1) is 18.3. The van der Waals surface area contributed by atoms with Gasteiger partial charge in [-0.1, -0.05) is 31.1 Å². The number of primary amides is 1. The van der Waals surface area contributed by atoms with Crippen molar-refractivity contribution in [3.8, 4) is 11.3 Å². The highest BCUT2D eigenvalue weighted by Crippen LogP contribution is 2.37. The van der Waals surface area contributed by atoms with Crippen molar-refractivity contribution in [2.45, 2.75) is 25.9 Å². The van der Waals surface area contributed by atoms with Crippen LogP contribution < -0.4 is 5.73 Å². The Bertz CT molecular complexity index is 726. The highest BCUT2D eigenvalue weighted by Gasteiger charge is 2.31. The van der Waals surface area contributed by atoms with Crippen LogP contribution >= 0.6 is 11.6 Å². The molecule has 1 heterocycles. The predicted octanol–water partition coefficient (Wildman–Crippen LogP) is 4.44. The lowest BCUT2D eigenvalue weighted by atomic mass is 9.87. The quantitative estimate of drug-likeness (QED) is 0.801. The first-order valence-corrected chi connectivity index (χ1v) is 7.73. The number of hydrogen-bond donors (Lipinski definition) is 1. The van der Waals surface area contributed by atoms with E-state index in [9.17, 15) is 18.0 Å². The largest absolute Gasteiger partial charge is 0.416 e. The van der Waals surface area contributed by atoms with E-state index >= 15 is 0 Å². The van der Waals surface area contributed by atoms with Gasteiger partial charge < -0.3 is 10.3 Å². The molecule has 2 unspecified atom stereocenters. The maximum atomic E-state index is 12.7. The topological polar surface area (TPSA) is 69.1 Å². The molecule has 2 aromatic rings. The van der Waals surface area contributed by atoms with Gasteiger partial charge in [-0.2, -0.15) is 13.2 Å². The molecule has 8 heteroatoms. The molecule has 0 aliphatic heterocycles. The Balaban J connectivity index is 2.52. The number of alkyl halides is 4. The van der Waals surface area contributed by atoms with E-state index in [2.05, 4.69) is 5.16 Å². The molecule has 0 fully saturated rings. The molecule has 2 atom stereocenters. The fraction of sp³-hybridized carbons (Fsp3) is 0.375. The van der Waals surface area contributed by atoms with Gasteiger partial charge in [0.05, 0.1) is 5.56 Å². The SMILES string of the molecule is CC(CCl)C(C)c1c(-c2ccc(C(F)(F)F)cc2)noc1C(N)=O. The summed E-state index contributed by atoms with van der Waals surface area (Å²) in [5.74, 6) is -0.790. The number of halogens is 4. The third kappa shape index (κ3) is 3.56. The van der Waals surface area contributed by atoms with E-state index in [4.69, 9.17) is 21.9 Å². The summed E-state index contributed by atoms with van der Waals surface area (Å²) in [6, 6.07) is 4.47. The summed E-state index contributed by atoms with van der Waals surface area (Å²) in [5, 5.41) is 3.84. The van der Waals surface area contributed by atoms with E-state index < -0.39 is 17.6 Å². The molecule has 0 spiro atoms. The van der Waals surface area contributed by atoms with E-state index in [1.807, 2.05) is 13.8 Å². The molecule has 1 amide bonds. The van der Waals surface area contributed by atoms with Crippen LogP contribution in [0.25, 0.3) is 11.3 Å². The average Bonchev–Trinajstić information content (AvgIpc) is 2.97. The molecular formula is C16H16ClF3N2O2. The second-order valence-electron chi connectivity index (χ2n) is 5.63. The van der Waals surface area contributed by atoms with Crippen molar-refractivity contribution in [1.29, 1.82) is 0 Å². The molecule has 0 bridgehead atoms. The summed E-state index contributed by atoms with van der Waals surface area (Å²) in [5.41, 5.74) is 5.70. The van der Waals surface area contributed by atoms with Gasteiger partial charge in [0.2, 0.25) is 5.76 Å². The zero-order chi connectivity index (χ0) is 18.1. The minimum Gasteiger partial charge on any atom is -0.363 e. The van der Waals surface area contributed by atoms with Crippen molar-refractivity contribution in [3.05, 3.63) is 41.2 Å². The van der Waals surface area contributed by atoms with E-state index in [1.54, 1.807) is 0 Å². The molecule has 0 aliphatic rings. The molecule has 130 valence electrons. The highest BCUT2D eigenvalue weighted by molar-refractivity contribution is 6.18. The Kier molecular flexibility index (Phi) is 5.22. The molecule has 24 heavy (non-hydrogen) atoms. The fourth-order valence-electron chi connectivity index (χ4n) is 2.34. The maximum absolute atomic E-state index is 12.7. The second-order valence-corrected chi connectivity index (χ2v) is 5.94. The molecule has 0 saturated carbocycles. The van der Waals surface area contributed by atoms with Crippen LogP contribution in [0.4, 0.5) is 13.2 Å². The van der Waals surface area contributed by atoms with Crippen molar-refractivity contribution in [3.63, 3.8) is 0 Å². The first-order valence-electron chi connectivity index (χ1n) is 7.19. The number of nitrogens with two attached hydrogens (primary N) is 1. The molecule has 0 saturated heterocycles. The molecular weight excluding hydrogens is 345 g/mol.